The summed E-state index contributed by atoms with van der Waals surface area (Å²) in [6, 6.07) is 4.54. The number of hydrogen-bond donors (Lipinski definition) is 1. The van der Waals surface area contributed by atoms with Crippen molar-refractivity contribution in [3.8, 4) is 0 Å². The van der Waals surface area contributed by atoms with Crippen molar-refractivity contribution < 1.29 is 9.50 Å². The topological polar surface area (TPSA) is 38.0 Å². The van der Waals surface area contributed by atoms with Gasteiger partial charge in [0, 0.05) is 42.4 Å². The number of aliphatic hydroxyl groups excluding tert-OH is 1. The van der Waals surface area contributed by atoms with Gasteiger partial charge in [0.05, 0.1) is 6.10 Å². The minimum Gasteiger partial charge on any atom is -0.392 e. The summed E-state index contributed by atoms with van der Waals surface area (Å²) in [6.07, 6.45) is 4.47. The van der Waals surface area contributed by atoms with Crippen molar-refractivity contribution in [3.05, 3.63) is 52.8 Å². The molecule has 1 aromatic carbocycles. The summed E-state index contributed by atoms with van der Waals surface area (Å²) < 4.78 is 15.7. The van der Waals surface area contributed by atoms with E-state index >= 15 is 0 Å². The Morgan fingerprint density at radius 1 is 1.40 bits per heavy atom. The van der Waals surface area contributed by atoms with Crippen LogP contribution in [0, 0.1) is 5.82 Å². The van der Waals surface area contributed by atoms with Gasteiger partial charge in [-0.05, 0) is 18.6 Å². The van der Waals surface area contributed by atoms with Crippen LogP contribution < -0.4 is 0 Å². The van der Waals surface area contributed by atoms with E-state index in [1.165, 1.54) is 6.07 Å². The molecule has 2 rings (SSSR count). The molecule has 1 N–H and O–H groups in total. The van der Waals surface area contributed by atoms with E-state index < -0.39 is 6.10 Å². The fraction of sp³-hybridized carbons (Fsp3) is 0.400. The molecule has 0 radical (unpaired) electrons. The van der Waals surface area contributed by atoms with Gasteiger partial charge in [-0.25, -0.2) is 9.37 Å². The number of rotatable bonds is 6. The molecule has 1 aromatic heterocycles. The van der Waals surface area contributed by atoms with Gasteiger partial charge in [-0.15, -0.1) is 0 Å². The molecular weight excluding hydrogens is 279 g/mol. The fourth-order valence-electron chi connectivity index (χ4n) is 2.22. The third-order valence-corrected chi connectivity index (χ3v) is 3.54. The predicted octanol–water partition coefficient (Wildman–Crippen LogP) is 3.23. The molecule has 1 heterocycles. The van der Waals surface area contributed by atoms with Crippen LogP contribution >= 0.6 is 11.6 Å². The summed E-state index contributed by atoms with van der Waals surface area (Å²) >= 11 is 5.96. The van der Waals surface area contributed by atoms with E-state index in [1.54, 1.807) is 18.3 Å². The zero-order valence-electron chi connectivity index (χ0n) is 11.4. The molecule has 0 amide bonds. The van der Waals surface area contributed by atoms with Gasteiger partial charge in [0.1, 0.15) is 11.6 Å². The highest BCUT2D eigenvalue weighted by molar-refractivity contribution is 6.31. The lowest BCUT2D eigenvalue weighted by atomic mass is 10.0. The lowest BCUT2D eigenvalue weighted by Gasteiger charge is -2.13. The van der Waals surface area contributed by atoms with Gasteiger partial charge in [0.15, 0.2) is 0 Å². The molecule has 0 aliphatic heterocycles. The van der Waals surface area contributed by atoms with E-state index in [4.69, 9.17) is 11.6 Å². The molecule has 0 bridgehead atoms. The molecule has 0 aliphatic carbocycles. The normalized spacial score (nSPS) is 12.6. The van der Waals surface area contributed by atoms with E-state index in [-0.39, 0.29) is 12.2 Å². The van der Waals surface area contributed by atoms with Gasteiger partial charge in [-0.2, -0.15) is 0 Å². The van der Waals surface area contributed by atoms with Gasteiger partial charge in [-0.1, -0.05) is 24.6 Å². The second-order valence-electron chi connectivity index (χ2n) is 4.80. The lowest BCUT2D eigenvalue weighted by Crippen LogP contribution is -2.18. The van der Waals surface area contributed by atoms with E-state index in [9.17, 15) is 9.50 Å². The monoisotopic (exact) mass is 296 g/mol. The standard InChI is InChI=1S/C15H18ClFN2O/c1-2-7-19-8-6-18-15(19)10-11(20)9-12-13(16)4-3-5-14(12)17/h3-6,8,11,20H,2,7,9-10H2,1H3. The Kier molecular flexibility index (Phi) is 5.15. The Balaban J connectivity index is 2.05. The van der Waals surface area contributed by atoms with Crippen LogP contribution in [0.2, 0.25) is 5.02 Å². The van der Waals surface area contributed by atoms with Crippen LogP contribution in [0.4, 0.5) is 4.39 Å². The van der Waals surface area contributed by atoms with Gasteiger partial charge in [-0.3, -0.25) is 0 Å². The largest absolute Gasteiger partial charge is 0.392 e. The number of aryl methyl sites for hydroxylation is 1. The third kappa shape index (κ3) is 3.58. The molecule has 1 atom stereocenters. The molecule has 0 aliphatic rings. The fourth-order valence-corrected chi connectivity index (χ4v) is 2.46. The maximum absolute atomic E-state index is 13.7. The van der Waals surface area contributed by atoms with Crippen LogP contribution in [0.1, 0.15) is 24.7 Å². The Bertz CT molecular complexity index is 551. The third-order valence-electron chi connectivity index (χ3n) is 3.19. The predicted molar refractivity (Wildman–Crippen MR) is 77.3 cm³/mol. The van der Waals surface area contributed by atoms with Crippen molar-refractivity contribution in [3.63, 3.8) is 0 Å². The molecule has 108 valence electrons. The number of benzene rings is 1. The number of nitrogens with zero attached hydrogens (tertiary/aromatic N) is 2. The molecule has 3 nitrogen and oxygen atoms in total. The van der Waals surface area contributed by atoms with E-state index in [0.717, 1.165) is 18.8 Å². The van der Waals surface area contributed by atoms with E-state index in [0.29, 0.717) is 17.0 Å². The SMILES string of the molecule is CCCn1ccnc1CC(O)Cc1c(F)cccc1Cl. The minimum absolute atomic E-state index is 0.185. The van der Waals surface area contributed by atoms with Crippen molar-refractivity contribution in [1.82, 2.24) is 9.55 Å². The highest BCUT2D eigenvalue weighted by Gasteiger charge is 2.15. The molecule has 0 spiro atoms. The van der Waals surface area contributed by atoms with Crippen molar-refractivity contribution >= 4 is 11.6 Å². The van der Waals surface area contributed by atoms with Crippen LogP contribution in [-0.4, -0.2) is 20.8 Å². The summed E-state index contributed by atoms with van der Waals surface area (Å²) in [4.78, 5) is 4.24. The zero-order valence-corrected chi connectivity index (χ0v) is 12.1. The summed E-state index contributed by atoms with van der Waals surface area (Å²) in [6.45, 7) is 2.95. The van der Waals surface area contributed by atoms with E-state index in [2.05, 4.69) is 11.9 Å². The first-order valence-electron chi connectivity index (χ1n) is 6.72. The first kappa shape index (κ1) is 15.0. The molecule has 0 saturated carbocycles. The van der Waals surface area contributed by atoms with Crippen LogP contribution in [0.25, 0.3) is 0 Å². The van der Waals surface area contributed by atoms with Crippen LogP contribution in [0.15, 0.2) is 30.6 Å². The molecule has 0 fully saturated rings. The molecule has 0 saturated heterocycles. The summed E-state index contributed by atoms with van der Waals surface area (Å²) in [5.74, 6) is 0.431. The Morgan fingerprint density at radius 3 is 2.90 bits per heavy atom. The highest BCUT2D eigenvalue weighted by Crippen LogP contribution is 2.21. The first-order chi connectivity index (χ1) is 9.61. The number of aromatic nitrogens is 2. The Morgan fingerprint density at radius 2 is 2.20 bits per heavy atom. The van der Waals surface area contributed by atoms with E-state index in [1.807, 2.05) is 10.8 Å². The van der Waals surface area contributed by atoms with Gasteiger partial charge >= 0.3 is 0 Å². The van der Waals surface area contributed by atoms with Crippen molar-refractivity contribution in [2.24, 2.45) is 0 Å². The Hall–Kier alpha value is -1.39. The van der Waals surface area contributed by atoms with Crippen molar-refractivity contribution in [1.29, 1.82) is 0 Å². The lowest BCUT2D eigenvalue weighted by molar-refractivity contribution is 0.170. The summed E-state index contributed by atoms with van der Waals surface area (Å²) in [7, 11) is 0. The second-order valence-corrected chi connectivity index (χ2v) is 5.21. The van der Waals surface area contributed by atoms with Gasteiger partial charge in [0.2, 0.25) is 0 Å². The average molecular weight is 297 g/mol. The smallest absolute Gasteiger partial charge is 0.127 e. The van der Waals surface area contributed by atoms with Crippen LogP contribution in [0.3, 0.4) is 0 Å². The molecule has 20 heavy (non-hydrogen) atoms. The number of imidazole rings is 1. The average Bonchev–Trinajstić information content (AvgIpc) is 2.82. The maximum Gasteiger partial charge on any atom is 0.127 e. The van der Waals surface area contributed by atoms with Gasteiger partial charge < -0.3 is 9.67 Å². The molecular formula is C15H18ClFN2O. The number of halogens is 2. The van der Waals surface area contributed by atoms with Crippen LogP contribution in [0.5, 0.6) is 0 Å². The first-order valence-corrected chi connectivity index (χ1v) is 7.10. The van der Waals surface area contributed by atoms with Crippen molar-refractivity contribution in [2.75, 3.05) is 0 Å². The number of aliphatic hydroxyl groups is 1. The van der Waals surface area contributed by atoms with Crippen LogP contribution in [-0.2, 0) is 19.4 Å². The summed E-state index contributed by atoms with van der Waals surface area (Å²) in [5.41, 5.74) is 0.357. The summed E-state index contributed by atoms with van der Waals surface area (Å²) in [5, 5.41) is 10.5. The molecule has 5 heteroatoms. The molecule has 1 unspecified atom stereocenters. The second kappa shape index (κ2) is 6.86. The number of hydrogen-bond acceptors (Lipinski definition) is 2. The molecule has 2 aromatic rings. The van der Waals surface area contributed by atoms with Gasteiger partial charge in [0.25, 0.3) is 0 Å². The maximum atomic E-state index is 13.7. The zero-order chi connectivity index (χ0) is 14.5. The highest BCUT2D eigenvalue weighted by atomic mass is 35.5. The quantitative estimate of drug-likeness (QED) is 0.889. The van der Waals surface area contributed by atoms with Crippen molar-refractivity contribution in [2.45, 2.75) is 38.8 Å². The Labute approximate surface area is 123 Å². The minimum atomic E-state index is -0.706.